The third kappa shape index (κ3) is 8.16. The molecule has 0 aliphatic heterocycles. The molecule has 7 heteroatoms. The molecule has 0 aromatic carbocycles. The van der Waals surface area contributed by atoms with Crippen LogP contribution in [0.4, 0.5) is 0 Å². The summed E-state index contributed by atoms with van der Waals surface area (Å²) in [5, 5.41) is 0. The predicted octanol–water partition coefficient (Wildman–Crippen LogP) is 2.41. The molecular formula is C12H23O6P. The van der Waals surface area contributed by atoms with Gasteiger partial charge < -0.3 is 14.5 Å². The molecule has 0 rings (SSSR count). The second-order valence-corrected chi connectivity index (χ2v) is 5.66. The van der Waals surface area contributed by atoms with Crippen LogP contribution in [0.5, 0.6) is 0 Å². The molecule has 0 aromatic heterocycles. The summed E-state index contributed by atoms with van der Waals surface area (Å²) >= 11 is 0. The maximum Gasteiger partial charge on any atom is 0.469 e. The number of phosphoric ester groups is 1. The van der Waals surface area contributed by atoms with E-state index in [9.17, 15) is 9.36 Å². The van der Waals surface area contributed by atoms with Crippen molar-refractivity contribution in [1.29, 1.82) is 0 Å². The molecule has 2 N–H and O–H groups in total. The van der Waals surface area contributed by atoms with Crippen LogP contribution in [0.3, 0.4) is 0 Å². The van der Waals surface area contributed by atoms with Gasteiger partial charge in [-0.05, 0) is 19.8 Å². The topological polar surface area (TPSA) is 93.1 Å². The minimum atomic E-state index is -4.54. The Morgan fingerprint density at radius 3 is 2.32 bits per heavy atom. The molecule has 112 valence electrons. The minimum absolute atomic E-state index is 0.0624. The van der Waals surface area contributed by atoms with Gasteiger partial charge in [-0.2, -0.15) is 0 Å². The molecule has 2 atom stereocenters. The Balaban J connectivity index is 4.61. The Morgan fingerprint density at radius 2 is 1.95 bits per heavy atom. The van der Waals surface area contributed by atoms with Gasteiger partial charge in [0.25, 0.3) is 0 Å². The van der Waals surface area contributed by atoms with E-state index in [0.717, 1.165) is 6.42 Å². The number of phosphoric acid groups is 1. The molecule has 19 heavy (non-hydrogen) atoms. The molecule has 0 saturated heterocycles. The maximum atomic E-state index is 11.3. The van der Waals surface area contributed by atoms with Gasteiger partial charge in [0.05, 0.1) is 12.7 Å². The molecule has 0 fully saturated rings. The van der Waals surface area contributed by atoms with Crippen LogP contribution in [-0.2, 0) is 18.6 Å². The highest BCUT2D eigenvalue weighted by Gasteiger charge is 2.28. The summed E-state index contributed by atoms with van der Waals surface area (Å²) in [5.41, 5.74) is 0.290. The number of esters is 1. The van der Waals surface area contributed by atoms with Crippen molar-refractivity contribution in [1.82, 2.24) is 0 Å². The molecule has 0 aromatic rings. The summed E-state index contributed by atoms with van der Waals surface area (Å²) in [4.78, 5) is 29.1. The van der Waals surface area contributed by atoms with Gasteiger partial charge in [0.2, 0.25) is 0 Å². The molecule has 0 saturated carbocycles. The number of hydrogen-bond acceptors (Lipinski definition) is 4. The Bertz CT molecular complexity index is 348. The molecule has 0 amide bonds. The summed E-state index contributed by atoms with van der Waals surface area (Å²) < 4.78 is 20.7. The molecule has 6 nitrogen and oxygen atoms in total. The Hall–Kier alpha value is -0.680. The van der Waals surface area contributed by atoms with E-state index in [0.29, 0.717) is 12.8 Å². The lowest BCUT2D eigenvalue weighted by Crippen LogP contribution is -2.28. The van der Waals surface area contributed by atoms with Crippen molar-refractivity contribution < 1.29 is 28.4 Å². The van der Waals surface area contributed by atoms with Gasteiger partial charge in [-0.15, -0.1) is 0 Å². The van der Waals surface area contributed by atoms with Gasteiger partial charge in [-0.3, -0.25) is 4.52 Å². The number of rotatable bonds is 9. The number of carbonyl (C=O) groups excluding carboxylic acids is 1. The van der Waals surface area contributed by atoms with E-state index < -0.39 is 19.9 Å². The lowest BCUT2D eigenvalue weighted by atomic mass is 9.97. The average Bonchev–Trinajstić information content (AvgIpc) is 2.27. The minimum Gasteiger partial charge on any atom is -0.462 e. The quantitative estimate of drug-likeness (QED) is 0.385. The largest absolute Gasteiger partial charge is 0.469 e. The third-order valence-electron chi connectivity index (χ3n) is 2.67. The van der Waals surface area contributed by atoms with Crippen molar-refractivity contribution in [3.05, 3.63) is 12.2 Å². The highest BCUT2D eigenvalue weighted by atomic mass is 31.2. The van der Waals surface area contributed by atoms with E-state index in [2.05, 4.69) is 6.58 Å². The first-order valence-electron chi connectivity index (χ1n) is 6.27. The van der Waals surface area contributed by atoms with Crippen LogP contribution in [0, 0.1) is 5.92 Å². The first-order chi connectivity index (χ1) is 8.71. The SMILES string of the molecule is C=C(C)C(=O)OCC(CC)C(CCC)OP(=O)(O)O. The normalized spacial score (nSPS) is 14.8. The first kappa shape index (κ1) is 18.3. The monoisotopic (exact) mass is 294 g/mol. The highest BCUT2D eigenvalue weighted by molar-refractivity contribution is 7.46. The fourth-order valence-corrected chi connectivity index (χ4v) is 2.26. The lowest BCUT2D eigenvalue weighted by molar-refractivity contribution is -0.141. The van der Waals surface area contributed by atoms with Crippen molar-refractivity contribution in [3.63, 3.8) is 0 Å². The molecule has 0 heterocycles. The Labute approximate surface area is 114 Å². The van der Waals surface area contributed by atoms with E-state index in [4.69, 9.17) is 19.0 Å². The molecule has 0 radical (unpaired) electrons. The van der Waals surface area contributed by atoms with Gasteiger partial charge in [0.1, 0.15) is 0 Å². The van der Waals surface area contributed by atoms with Crippen LogP contribution in [0.15, 0.2) is 12.2 Å². The fraction of sp³-hybridized carbons (Fsp3) is 0.750. The molecule has 0 spiro atoms. The van der Waals surface area contributed by atoms with Gasteiger partial charge in [0, 0.05) is 11.5 Å². The van der Waals surface area contributed by atoms with Crippen LogP contribution in [-0.4, -0.2) is 28.5 Å². The van der Waals surface area contributed by atoms with Gasteiger partial charge in [-0.1, -0.05) is 26.8 Å². The van der Waals surface area contributed by atoms with Crippen molar-refractivity contribution in [2.24, 2.45) is 5.92 Å². The van der Waals surface area contributed by atoms with E-state index in [1.165, 1.54) is 0 Å². The van der Waals surface area contributed by atoms with Crippen LogP contribution in [0.25, 0.3) is 0 Å². The zero-order valence-corrected chi connectivity index (χ0v) is 12.6. The van der Waals surface area contributed by atoms with Crippen LogP contribution >= 0.6 is 7.82 Å². The maximum absolute atomic E-state index is 11.3. The van der Waals surface area contributed by atoms with E-state index in [-0.39, 0.29) is 18.1 Å². The van der Waals surface area contributed by atoms with Gasteiger partial charge in [0.15, 0.2) is 0 Å². The number of carbonyl (C=O) groups is 1. The Morgan fingerprint density at radius 1 is 1.37 bits per heavy atom. The summed E-state index contributed by atoms with van der Waals surface area (Å²) in [6.45, 7) is 8.82. The van der Waals surface area contributed by atoms with E-state index in [1.807, 2.05) is 13.8 Å². The number of hydrogen-bond donors (Lipinski definition) is 2. The second kappa shape index (κ2) is 8.48. The van der Waals surface area contributed by atoms with Crippen molar-refractivity contribution in [2.75, 3.05) is 6.61 Å². The van der Waals surface area contributed by atoms with Crippen molar-refractivity contribution in [2.45, 2.75) is 46.1 Å². The molecule has 0 aliphatic carbocycles. The third-order valence-corrected chi connectivity index (χ3v) is 3.22. The zero-order valence-electron chi connectivity index (χ0n) is 11.7. The average molecular weight is 294 g/mol. The van der Waals surface area contributed by atoms with E-state index in [1.54, 1.807) is 6.92 Å². The van der Waals surface area contributed by atoms with Crippen molar-refractivity contribution >= 4 is 13.8 Å². The second-order valence-electron chi connectivity index (χ2n) is 4.47. The summed E-state index contributed by atoms with van der Waals surface area (Å²) in [6.07, 6.45) is 1.17. The van der Waals surface area contributed by atoms with Gasteiger partial charge in [-0.25, -0.2) is 9.36 Å². The standard InChI is InChI=1S/C12H23O6P/c1-5-7-11(18-19(14,15)16)10(6-2)8-17-12(13)9(3)4/h10-11H,3,5-8H2,1-2,4H3,(H2,14,15,16). The molecule has 0 aliphatic rings. The Kier molecular flexibility index (Phi) is 8.18. The van der Waals surface area contributed by atoms with Crippen molar-refractivity contribution in [3.8, 4) is 0 Å². The van der Waals surface area contributed by atoms with Crippen LogP contribution in [0.2, 0.25) is 0 Å². The van der Waals surface area contributed by atoms with E-state index >= 15 is 0 Å². The number of ether oxygens (including phenoxy) is 1. The predicted molar refractivity (Wildman–Crippen MR) is 71.4 cm³/mol. The fourth-order valence-electron chi connectivity index (χ4n) is 1.63. The molecule has 0 bridgehead atoms. The summed E-state index contributed by atoms with van der Waals surface area (Å²) in [5.74, 6) is -0.763. The first-order valence-corrected chi connectivity index (χ1v) is 7.80. The smallest absolute Gasteiger partial charge is 0.462 e. The van der Waals surface area contributed by atoms with Gasteiger partial charge >= 0.3 is 13.8 Å². The molecular weight excluding hydrogens is 271 g/mol. The van der Waals surface area contributed by atoms with Crippen LogP contribution < -0.4 is 0 Å². The molecule has 2 unspecified atom stereocenters. The summed E-state index contributed by atoms with van der Waals surface area (Å²) in [7, 11) is -4.54. The van der Waals surface area contributed by atoms with Crippen LogP contribution in [0.1, 0.15) is 40.0 Å². The zero-order chi connectivity index (χ0) is 15.1. The lowest BCUT2D eigenvalue weighted by Gasteiger charge is -2.26. The summed E-state index contributed by atoms with van der Waals surface area (Å²) in [6, 6.07) is 0. The highest BCUT2D eigenvalue weighted by Crippen LogP contribution is 2.40.